The maximum Gasteiger partial charge on any atom is 0.242 e. The van der Waals surface area contributed by atoms with Crippen molar-refractivity contribution in [3.8, 4) is 6.07 Å². The van der Waals surface area contributed by atoms with Crippen molar-refractivity contribution >= 4 is 10.0 Å². The average Bonchev–Trinajstić information content (AvgIpc) is 2.46. The molecule has 0 aromatic heterocycles. The first-order valence-electron chi connectivity index (χ1n) is 6.46. The van der Waals surface area contributed by atoms with Crippen LogP contribution in [0, 0.1) is 17.2 Å². The van der Waals surface area contributed by atoms with Crippen LogP contribution in [0.5, 0.6) is 0 Å². The monoisotopic (exact) mass is 296 g/mol. The standard InChI is InChI=1S/C14H20N2O3S/c1-4-14(17)12-6-5-7-13(8-12)20(18,19)16(3)10-11(2)9-15/h5-8,11,14,17H,4,10H2,1-3H3. The second kappa shape index (κ2) is 6.84. The van der Waals surface area contributed by atoms with Crippen molar-refractivity contribution in [1.82, 2.24) is 4.31 Å². The van der Waals surface area contributed by atoms with Gasteiger partial charge in [-0.1, -0.05) is 19.1 Å². The van der Waals surface area contributed by atoms with Gasteiger partial charge in [-0.25, -0.2) is 8.42 Å². The van der Waals surface area contributed by atoms with Gasteiger partial charge in [-0.05, 0) is 31.0 Å². The summed E-state index contributed by atoms with van der Waals surface area (Å²) >= 11 is 0. The predicted molar refractivity (Wildman–Crippen MR) is 76.3 cm³/mol. The van der Waals surface area contributed by atoms with E-state index >= 15 is 0 Å². The zero-order chi connectivity index (χ0) is 15.3. The number of nitriles is 1. The van der Waals surface area contributed by atoms with Crippen LogP contribution in [0.15, 0.2) is 29.2 Å². The average molecular weight is 296 g/mol. The SMILES string of the molecule is CCC(O)c1cccc(S(=O)(=O)N(C)CC(C)C#N)c1. The van der Waals surface area contributed by atoms with Gasteiger partial charge in [0, 0.05) is 13.6 Å². The fourth-order valence-corrected chi connectivity index (χ4v) is 3.14. The topological polar surface area (TPSA) is 81.4 Å². The Balaban J connectivity index is 3.07. The largest absolute Gasteiger partial charge is 0.388 e. The highest BCUT2D eigenvalue weighted by atomic mass is 32.2. The van der Waals surface area contributed by atoms with Gasteiger partial charge >= 0.3 is 0 Å². The van der Waals surface area contributed by atoms with E-state index in [1.54, 1.807) is 19.1 Å². The highest BCUT2D eigenvalue weighted by Gasteiger charge is 2.23. The van der Waals surface area contributed by atoms with Crippen molar-refractivity contribution in [3.63, 3.8) is 0 Å². The minimum atomic E-state index is -3.64. The highest BCUT2D eigenvalue weighted by molar-refractivity contribution is 7.89. The molecule has 2 atom stereocenters. The van der Waals surface area contributed by atoms with Crippen LogP contribution in [0.3, 0.4) is 0 Å². The van der Waals surface area contributed by atoms with Crippen molar-refractivity contribution in [2.45, 2.75) is 31.3 Å². The minimum Gasteiger partial charge on any atom is -0.388 e. The Kier molecular flexibility index (Phi) is 5.69. The van der Waals surface area contributed by atoms with Gasteiger partial charge in [0.1, 0.15) is 0 Å². The number of hydrogen-bond donors (Lipinski definition) is 1. The molecule has 1 N–H and O–H groups in total. The lowest BCUT2D eigenvalue weighted by atomic mass is 10.1. The molecule has 0 aliphatic rings. The van der Waals surface area contributed by atoms with E-state index in [1.807, 2.05) is 13.0 Å². The maximum absolute atomic E-state index is 12.4. The normalized spacial score (nSPS) is 14.8. The van der Waals surface area contributed by atoms with Crippen LogP contribution in [0.2, 0.25) is 0 Å². The lowest BCUT2D eigenvalue weighted by molar-refractivity contribution is 0.173. The van der Waals surface area contributed by atoms with E-state index < -0.39 is 16.1 Å². The summed E-state index contributed by atoms with van der Waals surface area (Å²) < 4.78 is 25.9. The number of rotatable bonds is 6. The number of benzene rings is 1. The fraction of sp³-hybridized carbons (Fsp3) is 0.500. The molecule has 5 nitrogen and oxygen atoms in total. The van der Waals surface area contributed by atoms with E-state index in [0.29, 0.717) is 12.0 Å². The summed E-state index contributed by atoms with van der Waals surface area (Å²) in [6, 6.07) is 8.30. The first kappa shape index (κ1) is 16.6. The number of hydrogen-bond acceptors (Lipinski definition) is 4. The van der Waals surface area contributed by atoms with Crippen LogP contribution in [-0.4, -0.2) is 31.4 Å². The molecule has 0 radical (unpaired) electrons. The third kappa shape index (κ3) is 3.79. The van der Waals surface area contributed by atoms with Crippen LogP contribution in [0.1, 0.15) is 31.9 Å². The molecule has 110 valence electrons. The molecule has 0 aliphatic heterocycles. The number of aliphatic hydroxyl groups is 1. The third-order valence-electron chi connectivity index (χ3n) is 3.09. The molecule has 2 unspecified atom stereocenters. The Labute approximate surface area is 120 Å². The van der Waals surface area contributed by atoms with Gasteiger partial charge in [0.15, 0.2) is 0 Å². The first-order chi connectivity index (χ1) is 9.32. The zero-order valence-corrected chi connectivity index (χ0v) is 12.8. The number of sulfonamides is 1. The van der Waals surface area contributed by atoms with Crippen molar-refractivity contribution in [2.75, 3.05) is 13.6 Å². The summed E-state index contributed by atoms with van der Waals surface area (Å²) in [6.45, 7) is 3.63. The Morgan fingerprint density at radius 3 is 2.65 bits per heavy atom. The molecule has 1 aromatic rings. The Morgan fingerprint density at radius 1 is 1.45 bits per heavy atom. The second-order valence-electron chi connectivity index (χ2n) is 4.81. The maximum atomic E-state index is 12.4. The first-order valence-corrected chi connectivity index (χ1v) is 7.91. The van der Waals surface area contributed by atoms with E-state index in [1.165, 1.54) is 23.5 Å². The number of nitrogens with zero attached hydrogens (tertiary/aromatic N) is 2. The van der Waals surface area contributed by atoms with Gasteiger partial charge in [0.05, 0.1) is 23.0 Å². The summed E-state index contributed by atoms with van der Waals surface area (Å²) in [5.41, 5.74) is 0.579. The van der Waals surface area contributed by atoms with Gasteiger partial charge in [0.2, 0.25) is 10.0 Å². The molecule has 0 bridgehead atoms. The molecule has 20 heavy (non-hydrogen) atoms. The van der Waals surface area contributed by atoms with Crippen molar-refractivity contribution in [3.05, 3.63) is 29.8 Å². The summed E-state index contributed by atoms with van der Waals surface area (Å²) in [6.07, 6.45) is -0.154. The van der Waals surface area contributed by atoms with Gasteiger partial charge < -0.3 is 5.11 Å². The van der Waals surface area contributed by atoms with Crippen molar-refractivity contribution < 1.29 is 13.5 Å². The van der Waals surface area contributed by atoms with Crippen LogP contribution >= 0.6 is 0 Å². The molecule has 0 amide bonds. The van der Waals surface area contributed by atoms with Gasteiger partial charge in [-0.15, -0.1) is 0 Å². The molecular weight excluding hydrogens is 276 g/mol. The molecule has 6 heteroatoms. The molecule has 0 saturated heterocycles. The molecule has 1 aromatic carbocycles. The molecule has 0 spiro atoms. The van der Waals surface area contributed by atoms with Crippen LogP contribution < -0.4 is 0 Å². The van der Waals surface area contributed by atoms with Gasteiger partial charge in [-0.3, -0.25) is 0 Å². The van der Waals surface area contributed by atoms with E-state index in [-0.39, 0.29) is 17.4 Å². The molecule has 0 fully saturated rings. The Morgan fingerprint density at radius 2 is 2.10 bits per heavy atom. The fourth-order valence-electron chi connectivity index (χ4n) is 1.82. The molecule has 1 rings (SSSR count). The molecule has 0 aliphatic carbocycles. The smallest absolute Gasteiger partial charge is 0.242 e. The van der Waals surface area contributed by atoms with Crippen LogP contribution in [0.4, 0.5) is 0 Å². The molecular formula is C14H20N2O3S. The summed E-state index contributed by atoms with van der Waals surface area (Å²) in [5, 5.41) is 18.6. The zero-order valence-electron chi connectivity index (χ0n) is 11.9. The lowest BCUT2D eigenvalue weighted by Gasteiger charge is -2.19. The highest BCUT2D eigenvalue weighted by Crippen LogP contribution is 2.22. The quantitative estimate of drug-likeness (QED) is 0.869. The summed E-state index contributed by atoms with van der Waals surface area (Å²) in [7, 11) is -2.19. The van der Waals surface area contributed by atoms with Crippen LogP contribution in [-0.2, 0) is 10.0 Å². The van der Waals surface area contributed by atoms with Crippen molar-refractivity contribution in [2.24, 2.45) is 5.92 Å². The van der Waals surface area contributed by atoms with E-state index in [9.17, 15) is 13.5 Å². The third-order valence-corrected chi connectivity index (χ3v) is 4.91. The molecule has 0 heterocycles. The Bertz CT molecular complexity index is 593. The summed E-state index contributed by atoms with van der Waals surface area (Å²) in [4.78, 5) is 0.134. The number of aliphatic hydroxyl groups excluding tert-OH is 1. The van der Waals surface area contributed by atoms with Gasteiger partial charge in [0.25, 0.3) is 0 Å². The summed E-state index contributed by atoms with van der Waals surface area (Å²) in [5.74, 6) is -0.376. The van der Waals surface area contributed by atoms with E-state index in [4.69, 9.17) is 5.26 Å². The minimum absolute atomic E-state index is 0.134. The molecule has 0 saturated carbocycles. The van der Waals surface area contributed by atoms with Gasteiger partial charge in [-0.2, -0.15) is 9.57 Å². The second-order valence-corrected chi connectivity index (χ2v) is 6.86. The lowest BCUT2D eigenvalue weighted by Crippen LogP contribution is -2.30. The van der Waals surface area contributed by atoms with Crippen molar-refractivity contribution in [1.29, 1.82) is 5.26 Å². The van der Waals surface area contributed by atoms with E-state index in [0.717, 1.165) is 0 Å². The van der Waals surface area contributed by atoms with E-state index in [2.05, 4.69) is 0 Å². The van der Waals surface area contributed by atoms with Crippen LogP contribution in [0.25, 0.3) is 0 Å². The predicted octanol–water partition coefficient (Wildman–Crippen LogP) is 1.91. The Hall–Kier alpha value is -1.42.